The fourth-order valence-electron chi connectivity index (χ4n) is 3.26. The number of halogens is 2. The summed E-state index contributed by atoms with van der Waals surface area (Å²) in [5.41, 5.74) is 2.75. The maximum absolute atomic E-state index is 13.0. The van der Waals surface area contributed by atoms with Crippen molar-refractivity contribution in [2.75, 3.05) is 4.90 Å². The lowest BCUT2D eigenvalue weighted by atomic mass is 10.1. The van der Waals surface area contributed by atoms with E-state index >= 15 is 0 Å². The van der Waals surface area contributed by atoms with E-state index in [1.165, 1.54) is 6.08 Å². The van der Waals surface area contributed by atoms with Gasteiger partial charge >= 0.3 is 6.03 Å². The average molecular weight is 570 g/mol. The fraction of sp³-hybridized carbons (Fsp3) is 0.0800. The van der Waals surface area contributed by atoms with E-state index in [9.17, 15) is 14.4 Å². The third-order valence-corrected chi connectivity index (χ3v) is 6.71. The smallest absolute Gasteiger partial charge is 0.335 e. The Labute approximate surface area is 207 Å². The Kier molecular flexibility index (Phi) is 6.76. The van der Waals surface area contributed by atoms with Gasteiger partial charge in [0.15, 0.2) is 0 Å². The Balaban J connectivity index is 1.53. The highest BCUT2D eigenvalue weighted by Gasteiger charge is 2.36. The van der Waals surface area contributed by atoms with Gasteiger partial charge in [0.2, 0.25) is 0 Å². The molecule has 1 fully saturated rings. The van der Waals surface area contributed by atoms with Crippen molar-refractivity contribution in [2.24, 2.45) is 0 Å². The van der Waals surface area contributed by atoms with Crippen LogP contribution in [0.1, 0.15) is 16.7 Å². The molecule has 0 unspecified atom stereocenters. The number of nitrogens with zero attached hydrogens (tertiary/aromatic N) is 1. The zero-order valence-corrected chi connectivity index (χ0v) is 20.6. The standard InChI is InChI=1S/C25H18Br2N2O4/c1-15-12-18(8-11-21(15)26)29-24(31)20(23(30)28-25(29)32)13-16-6-9-19(10-7-16)33-14-17-4-2-3-5-22(17)27/h2-13H,14H2,1H3,(H,28,30,32)/b20-13-. The number of anilines is 1. The second kappa shape index (κ2) is 9.72. The Morgan fingerprint density at radius 2 is 1.67 bits per heavy atom. The summed E-state index contributed by atoms with van der Waals surface area (Å²) in [4.78, 5) is 38.8. The third-order valence-electron chi connectivity index (χ3n) is 5.04. The molecular formula is C25H18Br2N2O4. The van der Waals surface area contributed by atoms with E-state index in [1.807, 2.05) is 31.2 Å². The van der Waals surface area contributed by atoms with Crippen LogP contribution in [-0.2, 0) is 16.2 Å². The molecule has 6 nitrogen and oxygen atoms in total. The SMILES string of the molecule is Cc1cc(N2C(=O)NC(=O)/C(=C/c3ccc(OCc4ccccc4Br)cc3)C2=O)ccc1Br. The van der Waals surface area contributed by atoms with Crippen molar-refractivity contribution in [1.29, 1.82) is 0 Å². The number of nitrogens with one attached hydrogen (secondary N) is 1. The summed E-state index contributed by atoms with van der Waals surface area (Å²) in [5, 5.41) is 2.24. The van der Waals surface area contributed by atoms with Crippen molar-refractivity contribution in [2.45, 2.75) is 13.5 Å². The molecule has 166 valence electrons. The lowest BCUT2D eigenvalue weighted by molar-refractivity contribution is -0.122. The van der Waals surface area contributed by atoms with Gasteiger partial charge in [-0.1, -0.05) is 62.2 Å². The van der Waals surface area contributed by atoms with Gasteiger partial charge in [0.05, 0.1) is 5.69 Å². The number of carbonyl (C=O) groups excluding carboxylic acids is 3. The zero-order valence-electron chi connectivity index (χ0n) is 17.5. The van der Waals surface area contributed by atoms with Crippen LogP contribution >= 0.6 is 31.9 Å². The number of barbiturate groups is 1. The lowest BCUT2D eigenvalue weighted by Crippen LogP contribution is -2.54. The minimum atomic E-state index is -0.778. The van der Waals surface area contributed by atoms with Gasteiger partial charge in [-0.15, -0.1) is 0 Å². The summed E-state index contributed by atoms with van der Waals surface area (Å²) in [6.07, 6.45) is 1.46. The molecule has 1 N–H and O–H groups in total. The van der Waals surface area contributed by atoms with Gasteiger partial charge in [-0.2, -0.15) is 0 Å². The molecule has 0 radical (unpaired) electrons. The molecule has 33 heavy (non-hydrogen) atoms. The van der Waals surface area contributed by atoms with Crippen LogP contribution in [0, 0.1) is 6.92 Å². The van der Waals surface area contributed by atoms with E-state index in [-0.39, 0.29) is 5.57 Å². The molecule has 0 aliphatic carbocycles. The fourth-order valence-corrected chi connectivity index (χ4v) is 3.91. The molecule has 1 heterocycles. The summed E-state index contributed by atoms with van der Waals surface area (Å²) < 4.78 is 7.63. The first kappa shape index (κ1) is 22.9. The number of hydrogen-bond acceptors (Lipinski definition) is 4. The lowest BCUT2D eigenvalue weighted by Gasteiger charge is -2.26. The number of carbonyl (C=O) groups is 3. The highest BCUT2D eigenvalue weighted by Crippen LogP contribution is 2.27. The molecule has 4 amide bonds. The monoisotopic (exact) mass is 568 g/mol. The first-order valence-corrected chi connectivity index (χ1v) is 11.6. The van der Waals surface area contributed by atoms with Crippen molar-refractivity contribution in [3.05, 3.63) is 97.9 Å². The molecule has 0 saturated carbocycles. The number of rotatable bonds is 5. The maximum Gasteiger partial charge on any atom is 0.335 e. The van der Waals surface area contributed by atoms with Crippen molar-refractivity contribution in [3.63, 3.8) is 0 Å². The van der Waals surface area contributed by atoms with Crippen molar-refractivity contribution in [3.8, 4) is 5.75 Å². The molecule has 1 saturated heterocycles. The Bertz CT molecular complexity index is 1290. The van der Waals surface area contributed by atoms with Crippen LogP contribution in [0.4, 0.5) is 10.5 Å². The first-order valence-electron chi connectivity index (χ1n) is 9.97. The molecule has 3 aromatic rings. The van der Waals surface area contributed by atoms with Gasteiger partial charge in [0.1, 0.15) is 17.9 Å². The highest BCUT2D eigenvalue weighted by molar-refractivity contribution is 9.10. The van der Waals surface area contributed by atoms with Crippen LogP contribution < -0.4 is 15.0 Å². The molecule has 8 heteroatoms. The van der Waals surface area contributed by atoms with E-state index < -0.39 is 17.8 Å². The second-order valence-corrected chi connectivity index (χ2v) is 9.05. The molecule has 1 aliphatic rings. The molecule has 1 aliphatic heterocycles. The molecule has 4 rings (SSSR count). The number of benzene rings is 3. The Hall–Kier alpha value is -3.23. The minimum absolute atomic E-state index is 0.128. The van der Waals surface area contributed by atoms with E-state index in [4.69, 9.17) is 4.74 Å². The molecular weight excluding hydrogens is 552 g/mol. The molecule has 0 atom stereocenters. The van der Waals surface area contributed by atoms with Gasteiger partial charge in [0, 0.05) is 14.5 Å². The first-order chi connectivity index (χ1) is 15.8. The normalized spacial score (nSPS) is 15.1. The van der Waals surface area contributed by atoms with Gasteiger partial charge in [-0.25, -0.2) is 9.69 Å². The van der Waals surface area contributed by atoms with Crippen molar-refractivity contribution >= 4 is 61.5 Å². The van der Waals surface area contributed by atoms with Crippen LogP contribution in [0.5, 0.6) is 5.75 Å². The van der Waals surface area contributed by atoms with Gasteiger partial charge < -0.3 is 4.74 Å². The minimum Gasteiger partial charge on any atom is -0.489 e. The molecule has 0 spiro atoms. The van der Waals surface area contributed by atoms with Crippen LogP contribution in [0.3, 0.4) is 0 Å². The predicted octanol–water partition coefficient (Wildman–Crippen LogP) is 5.77. The predicted molar refractivity (Wildman–Crippen MR) is 133 cm³/mol. The summed E-state index contributed by atoms with van der Waals surface area (Å²) in [6.45, 7) is 2.24. The second-order valence-electron chi connectivity index (χ2n) is 7.34. The number of hydrogen-bond donors (Lipinski definition) is 1. The average Bonchev–Trinajstić information content (AvgIpc) is 2.79. The van der Waals surface area contributed by atoms with Gasteiger partial charge in [-0.05, 0) is 60.5 Å². The van der Waals surface area contributed by atoms with Crippen LogP contribution in [0.2, 0.25) is 0 Å². The summed E-state index contributed by atoms with van der Waals surface area (Å²) in [6, 6.07) is 19.1. The summed E-state index contributed by atoms with van der Waals surface area (Å²) >= 11 is 6.89. The van der Waals surface area contributed by atoms with Crippen molar-refractivity contribution in [1.82, 2.24) is 5.32 Å². The van der Waals surface area contributed by atoms with E-state index in [2.05, 4.69) is 37.2 Å². The van der Waals surface area contributed by atoms with Crippen LogP contribution in [-0.4, -0.2) is 17.8 Å². The van der Waals surface area contributed by atoms with Crippen molar-refractivity contribution < 1.29 is 19.1 Å². The van der Waals surface area contributed by atoms with E-state index in [0.717, 1.165) is 25.0 Å². The number of ether oxygens (including phenoxy) is 1. The Morgan fingerprint density at radius 3 is 2.36 bits per heavy atom. The molecule has 0 aromatic heterocycles. The maximum atomic E-state index is 13.0. The van der Waals surface area contributed by atoms with E-state index in [0.29, 0.717) is 23.6 Å². The summed E-state index contributed by atoms with van der Waals surface area (Å²) in [5.74, 6) is -0.765. The topological polar surface area (TPSA) is 75.7 Å². The Morgan fingerprint density at radius 1 is 0.939 bits per heavy atom. The van der Waals surface area contributed by atoms with Gasteiger partial charge in [-0.3, -0.25) is 14.9 Å². The summed E-state index contributed by atoms with van der Waals surface area (Å²) in [7, 11) is 0. The van der Waals surface area contributed by atoms with E-state index in [1.54, 1.807) is 42.5 Å². The number of aryl methyl sites for hydroxylation is 1. The van der Waals surface area contributed by atoms with Crippen LogP contribution in [0.25, 0.3) is 6.08 Å². The quantitative estimate of drug-likeness (QED) is 0.313. The number of urea groups is 1. The number of amides is 4. The largest absolute Gasteiger partial charge is 0.489 e. The third kappa shape index (κ3) is 5.07. The zero-order chi connectivity index (χ0) is 23.5. The van der Waals surface area contributed by atoms with Gasteiger partial charge in [0.25, 0.3) is 11.8 Å². The molecule has 0 bridgehead atoms. The number of imide groups is 2. The molecule has 3 aromatic carbocycles. The highest BCUT2D eigenvalue weighted by atomic mass is 79.9. The van der Waals surface area contributed by atoms with Crippen LogP contribution in [0.15, 0.2) is 81.2 Å².